The SMILES string of the molecule is CC(Nc1nc(N)nc(-n2cccn2)n1)c1ccccn1. The normalized spacial score (nSPS) is 12.0. The van der Waals surface area contributed by atoms with Crippen molar-refractivity contribution in [3.8, 4) is 5.95 Å². The zero-order valence-corrected chi connectivity index (χ0v) is 11.4. The molecule has 1 atom stereocenters. The van der Waals surface area contributed by atoms with Gasteiger partial charge in [0, 0.05) is 18.6 Å². The number of hydrogen-bond donors (Lipinski definition) is 2. The first-order valence-electron chi connectivity index (χ1n) is 6.41. The largest absolute Gasteiger partial charge is 0.368 e. The van der Waals surface area contributed by atoms with Crippen LogP contribution in [0.15, 0.2) is 42.9 Å². The first-order chi connectivity index (χ1) is 10.2. The summed E-state index contributed by atoms with van der Waals surface area (Å²) in [6, 6.07) is 7.45. The monoisotopic (exact) mass is 282 g/mol. The van der Waals surface area contributed by atoms with Crippen LogP contribution in [0.25, 0.3) is 5.95 Å². The molecule has 3 aromatic rings. The van der Waals surface area contributed by atoms with Gasteiger partial charge in [-0.3, -0.25) is 4.98 Å². The van der Waals surface area contributed by atoms with Crippen LogP contribution in [0, 0.1) is 0 Å². The lowest BCUT2D eigenvalue weighted by Gasteiger charge is -2.13. The Bertz CT molecular complexity index is 710. The van der Waals surface area contributed by atoms with Crippen LogP contribution in [-0.4, -0.2) is 29.7 Å². The summed E-state index contributed by atoms with van der Waals surface area (Å²) in [7, 11) is 0. The first kappa shape index (κ1) is 13.0. The van der Waals surface area contributed by atoms with Crippen molar-refractivity contribution >= 4 is 11.9 Å². The Morgan fingerprint density at radius 1 is 1.14 bits per heavy atom. The van der Waals surface area contributed by atoms with Crippen molar-refractivity contribution in [3.05, 3.63) is 48.5 Å². The fraction of sp³-hybridized carbons (Fsp3) is 0.154. The molecule has 0 aliphatic rings. The Hall–Kier alpha value is -3.03. The van der Waals surface area contributed by atoms with E-state index in [1.54, 1.807) is 24.7 Å². The second-order valence-electron chi connectivity index (χ2n) is 4.39. The maximum Gasteiger partial charge on any atom is 0.257 e. The Labute approximate surface area is 121 Å². The van der Waals surface area contributed by atoms with Crippen molar-refractivity contribution < 1.29 is 0 Å². The smallest absolute Gasteiger partial charge is 0.257 e. The summed E-state index contributed by atoms with van der Waals surface area (Å²) in [5, 5.41) is 7.23. The molecule has 1 unspecified atom stereocenters. The summed E-state index contributed by atoms with van der Waals surface area (Å²) in [4.78, 5) is 16.7. The van der Waals surface area contributed by atoms with Gasteiger partial charge >= 0.3 is 0 Å². The lowest BCUT2D eigenvalue weighted by molar-refractivity contribution is 0.779. The molecule has 3 aromatic heterocycles. The van der Waals surface area contributed by atoms with Crippen LogP contribution < -0.4 is 11.1 Å². The number of nitrogens with zero attached hydrogens (tertiary/aromatic N) is 6. The molecule has 21 heavy (non-hydrogen) atoms. The second-order valence-corrected chi connectivity index (χ2v) is 4.39. The molecule has 0 fully saturated rings. The molecular formula is C13H14N8. The van der Waals surface area contributed by atoms with E-state index in [-0.39, 0.29) is 12.0 Å². The predicted molar refractivity (Wildman–Crippen MR) is 77.6 cm³/mol. The molecule has 0 saturated carbocycles. The van der Waals surface area contributed by atoms with Crippen LogP contribution in [0.3, 0.4) is 0 Å². The van der Waals surface area contributed by atoms with E-state index in [1.165, 1.54) is 4.68 Å². The minimum absolute atomic E-state index is 0.0570. The Kier molecular flexibility index (Phi) is 3.42. The number of nitrogens with two attached hydrogens (primary N) is 1. The molecule has 0 aliphatic carbocycles. The van der Waals surface area contributed by atoms with Gasteiger partial charge < -0.3 is 11.1 Å². The third-order valence-corrected chi connectivity index (χ3v) is 2.83. The van der Waals surface area contributed by atoms with Crippen LogP contribution in [0.1, 0.15) is 18.7 Å². The van der Waals surface area contributed by atoms with E-state index in [9.17, 15) is 0 Å². The molecule has 0 aromatic carbocycles. The Morgan fingerprint density at radius 2 is 2.05 bits per heavy atom. The van der Waals surface area contributed by atoms with Gasteiger partial charge in [-0.2, -0.15) is 20.1 Å². The molecule has 106 valence electrons. The highest BCUT2D eigenvalue weighted by molar-refractivity contribution is 5.36. The highest BCUT2D eigenvalue weighted by Crippen LogP contribution is 2.15. The van der Waals surface area contributed by atoms with Gasteiger partial charge in [-0.15, -0.1) is 0 Å². The number of hydrogen-bond acceptors (Lipinski definition) is 7. The first-order valence-corrected chi connectivity index (χ1v) is 6.41. The van der Waals surface area contributed by atoms with E-state index in [2.05, 4.69) is 30.4 Å². The fourth-order valence-corrected chi connectivity index (χ4v) is 1.83. The molecular weight excluding hydrogens is 268 g/mol. The fourth-order valence-electron chi connectivity index (χ4n) is 1.83. The minimum Gasteiger partial charge on any atom is -0.368 e. The van der Waals surface area contributed by atoms with Crippen LogP contribution >= 0.6 is 0 Å². The molecule has 0 spiro atoms. The van der Waals surface area contributed by atoms with Gasteiger partial charge in [0.2, 0.25) is 11.9 Å². The number of anilines is 2. The maximum absolute atomic E-state index is 5.72. The van der Waals surface area contributed by atoms with Gasteiger partial charge in [-0.1, -0.05) is 6.07 Å². The third kappa shape index (κ3) is 2.94. The van der Waals surface area contributed by atoms with Crippen molar-refractivity contribution in [1.82, 2.24) is 29.7 Å². The number of nitrogens with one attached hydrogen (secondary N) is 1. The molecule has 3 heterocycles. The Morgan fingerprint density at radius 3 is 2.76 bits per heavy atom. The van der Waals surface area contributed by atoms with Gasteiger partial charge in [0.05, 0.1) is 11.7 Å². The average molecular weight is 282 g/mol. The van der Waals surface area contributed by atoms with E-state index in [0.29, 0.717) is 11.9 Å². The molecule has 3 rings (SSSR count). The van der Waals surface area contributed by atoms with Gasteiger partial charge in [0.1, 0.15) is 0 Å². The lowest BCUT2D eigenvalue weighted by atomic mass is 10.2. The summed E-state index contributed by atoms with van der Waals surface area (Å²) < 4.78 is 1.52. The van der Waals surface area contributed by atoms with Crippen LogP contribution in [0.2, 0.25) is 0 Å². The summed E-state index contributed by atoms with van der Waals surface area (Å²) in [6.07, 6.45) is 5.12. The van der Waals surface area contributed by atoms with Gasteiger partial charge in [0.25, 0.3) is 5.95 Å². The summed E-state index contributed by atoms with van der Waals surface area (Å²) in [5.74, 6) is 0.876. The van der Waals surface area contributed by atoms with Crippen LogP contribution in [0.4, 0.5) is 11.9 Å². The summed E-state index contributed by atoms with van der Waals surface area (Å²) >= 11 is 0. The van der Waals surface area contributed by atoms with Crippen LogP contribution in [-0.2, 0) is 0 Å². The molecule has 3 N–H and O–H groups in total. The topological polar surface area (TPSA) is 107 Å². The van der Waals surface area contributed by atoms with E-state index < -0.39 is 0 Å². The van der Waals surface area contributed by atoms with E-state index >= 15 is 0 Å². The van der Waals surface area contributed by atoms with Crippen molar-refractivity contribution in [2.75, 3.05) is 11.1 Å². The van der Waals surface area contributed by atoms with E-state index in [4.69, 9.17) is 5.73 Å². The number of aromatic nitrogens is 6. The number of pyridine rings is 1. The van der Waals surface area contributed by atoms with Crippen molar-refractivity contribution in [1.29, 1.82) is 0 Å². The molecule has 0 radical (unpaired) electrons. The maximum atomic E-state index is 5.72. The second kappa shape index (κ2) is 5.53. The van der Waals surface area contributed by atoms with E-state index in [1.807, 2.05) is 25.1 Å². The highest BCUT2D eigenvalue weighted by atomic mass is 15.4. The zero-order valence-electron chi connectivity index (χ0n) is 11.4. The molecule has 0 saturated heterocycles. The van der Waals surface area contributed by atoms with Gasteiger partial charge in [0.15, 0.2) is 0 Å². The Balaban J connectivity index is 1.86. The zero-order chi connectivity index (χ0) is 14.7. The third-order valence-electron chi connectivity index (χ3n) is 2.83. The highest BCUT2D eigenvalue weighted by Gasteiger charge is 2.11. The molecule has 8 heteroatoms. The lowest BCUT2D eigenvalue weighted by Crippen LogP contribution is -2.14. The van der Waals surface area contributed by atoms with Crippen molar-refractivity contribution in [2.24, 2.45) is 0 Å². The minimum atomic E-state index is -0.0570. The molecule has 8 nitrogen and oxygen atoms in total. The average Bonchev–Trinajstić information content (AvgIpc) is 3.02. The van der Waals surface area contributed by atoms with Crippen LogP contribution in [0.5, 0.6) is 0 Å². The quantitative estimate of drug-likeness (QED) is 0.740. The van der Waals surface area contributed by atoms with Crippen molar-refractivity contribution in [2.45, 2.75) is 13.0 Å². The van der Waals surface area contributed by atoms with Gasteiger partial charge in [-0.25, -0.2) is 4.68 Å². The molecule has 0 bridgehead atoms. The predicted octanol–water partition coefficient (Wildman–Crippen LogP) is 1.21. The van der Waals surface area contributed by atoms with E-state index in [0.717, 1.165) is 5.69 Å². The number of rotatable bonds is 4. The molecule has 0 amide bonds. The number of nitrogen functional groups attached to an aromatic ring is 1. The summed E-state index contributed by atoms with van der Waals surface area (Å²) in [5.41, 5.74) is 6.61. The van der Waals surface area contributed by atoms with Crippen molar-refractivity contribution in [3.63, 3.8) is 0 Å². The van der Waals surface area contributed by atoms with Gasteiger partial charge in [-0.05, 0) is 25.1 Å². The standard InChI is InChI=1S/C13H14N8/c1-9(10-5-2-3-6-15-10)17-12-18-11(14)19-13(20-12)21-8-4-7-16-21/h2-9H,1H3,(H3,14,17,18,19,20). The summed E-state index contributed by atoms with van der Waals surface area (Å²) in [6.45, 7) is 1.97. The molecule has 0 aliphatic heterocycles.